The fourth-order valence-electron chi connectivity index (χ4n) is 0.0645. The van der Waals surface area contributed by atoms with Crippen molar-refractivity contribution >= 4 is 87.9 Å². The molecule has 0 saturated heterocycles. The molecule has 0 unspecified atom stereocenters. The van der Waals surface area contributed by atoms with Crippen LogP contribution in [0, 0.1) is 0 Å². The minimum absolute atomic E-state index is 0. The van der Waals surface area contributed by atoms with Gasteiger partial charge in [-0.1, -0.05) is 6.47 Å². The number of aliphatic hydroxyl groups is 1. The van der Waals surface area contributed by atoms with Gasteiger partial charge in [-0.05, 0) is 0 Å². The molecule has 0 amide bonds. The van der Waals surface area contributed by atoms with Crippen LogP contribution in [-0.2, 0) is 14.3 Å². The van der Waals surface area contributed by atoms with E-state index in [9.17, 15) is 4.79 Å². The topological polar surface area (TPSA) is 114 Å². The van der Waals surface area contributed by atoms with E-state index in [1.54, 1.807) is 0 Å². The molecule has 3 N–H and O–H groups in total. The van der Waals surface area contributed by atoms with E-state index in [1.807, 2.05) is 0 Å². The Morgan fingerprint density at radius 2 is 1.57 bits per heavy atom. The minimum atomic E-state index is -0.602. The molecule has 0 rings (SSSR count). The predicted octanol–water partition coefficient (Wildman–Crippen LogP) is -8.17. The van der Waals surface area contributed by atoms with Crippen molar-refractivity contribution in [2.75, 3.05) is 13.7 Å². The zero-order valence-electron chi connectivity index (χ0n) is 7.44. The van der Waals surface area contributed by atoms with Crippen molar-refractivity contribution in [3.8, 4) is 0 Å². The Labute approximate surface area is 154 Å². The summed E-state index contributed by atoms with van der Waals surface area (Å²) in [5.41, 5.74) is 0. The fraction of sp³-hybridized carbons (Fsp3) is 0.500. The number of carbonyl (C=O) groups is 1. The number of carbonyl (C=O) groups excluding carboxylic acids is 1. The van der Waals surface area contributed by atoms with Crippen LogP contribution < -0.4 is 24.8 Å². The van der Waals surface area contributed by atoms with Crippen molar-refractivity contribution in [2.45, 2.75) is 0 Å². The van der Waals surface area contributed by atoms with Gasteiger partial charge in [0.2, 0.25) is 0 Å². The number of aliphatic hydroxyl groups excluding tert-OH is 2. The van der Waals surface area contributed by atoms with Gasteiger partial charge in [-0.3, -0.25) is 0 Å². The summed E-state index contributed by atoms with van der Waals surface area (Å²) >= 11 is 0. The number of hydrogen-bond donors (Lipinski definition) is 2. The van der Waals surface area contributed by atoms with Gasteiger partial charge in [-0.15, -0.1) is 0 Å². The summed E-state index contributed by atoms with van der Waals surface area (Å²) in [6.07, 6.45) is 0. The molecule has 0 heterocycles. The molecule has 0 aromatic heterocycles. The third kappa shape index (κ3) is 66.0. The second-order valence-corrected chi connectivity index (χ2v) is 0.826. The Balaban J connectivity index is -0.0000000113. The first-order valence-corrected chi connectivity index (χ1v) is 1.91. The van der Waals surface area contributed by atoms with E-state index >= 15 is 0 Å². The van der Waals surface area contributed by atoms with Crippen LogP contribution in [-0.4, -0.2) is 117 Å². The molecule has 0 spiro atoms. The standard InChI is InChI=1S/C3H6O3.CHO2.2Ca.2ClH.H2O/c1-6-3(5)2-4;2-1-3;;;;;/h4H,2H2,1H3;(H,2,3);;;2*1H;1H2/q;-1;2*+2;;;/p-3. The van der Waals surface area contributed by atoms with E-state index in [0.29, 0.717) is 6.47 Å². The van der Waals surface area contributed by atoms with Gasteiger partial charge in [-0.25, -0.2) is 4.79 Å². The molecule has 0 aliphatic carbocycles. The van der Waals surface area contributed by atoms with E-state index < -0.39 is 12.6 Å². The van der Waals surface area contributed by atoms with E-state index in [-0.39, 0.29) is 106 Å². The van der Waals surface area contributed by atoms with Gasteiger partial charge in [0.15, 0.2) is 0 Å². The second-order valence-electron chi connectivity index (χ2n) is 0.826. The maximum absolute atomic E-state index is 9.71. The first-order valence-electron chi connectivity index (χ1n) is 1.91. The van der Waals surface area contributed by atoms with Crippen LogP contribution in [0.2, 0.25) is 0 Å². The Hall–Kier alpha value is 1.96. The molecule has 0 atom stereocenters. The van der Waals surface area contributed by atoms with Gasteiger partial charge in [0.25, 0.3) is 0 Å². The van der Waals surface area contributed by atoms with E-state index in [2.05, 4.69) is 4.74 Å². The van der Waals surface area contributed by atoms with Crippen molar-refractivity contribution in [1.82, 2.24) is 0 Å². The normalized spacial score (nSPS) is 4.14. The molecule has 78 valence electrons. The van der Waals surface area contributed by atoms with Crippen LogP contribution in [0.5, 0.6) is 0 Å². The molecule has 0 radical (unpaired) electrons. The Morgan fingerprint density at radius 1 is 1.36 bits per heavy atom. The maximum atomic E-state index is 9.71. The summed E-state index contributed by atoms with van der Waals surface area (Å²) in [5, 5.41) is 14.6. The molecule has 0 aliphatic heterocycles. The summed E-state index contributed by atoms with van der Waals surface area (Å²) in [6, 6.07) is 0. The van der Waals surface area contributed by atoms with Crippen LogP contribution in [0.3, 0.4) is 0 Å². The Kier molecular flexibility index (Phi) is 146. The smallest absolute Gasteiger partial charge is 1.00 e. The molecule has 0 aromatic rings. The molecule has 6 nitrogen and oxygen atoms in total. The maximum Gasteiger partial charge on any atom is 2.00 e. The molecule has 14 heavy (non-hydrogen) atoms. The van der Waals surface area contributed by atoms with Crippen LogP contribution in [0.1, 0.15) is 0 Å². The van der Waals surface area contributed by atoms with Crippen molar-refractivity contribution in [2.24, 2.45) is 0 Å². The van der Waals surface area contributed by atoms with Crippen molar-refractivity contribution in [3.05, 3.63) is 0 Å². The quantitative estimate of drug-likeness (QED) is 0.282. The second kappa shape index (κ2) is 46.0. The molecule has 0 aromatic carbocycles. The van der Waals surface area contributed by atoms with Crippen LogP contribution in [0.25, 0.3) is 0 Å². The molecule has 0 saturated carbocycles. The van der Waals surface area contributed by atoms with Gasteiger partial charge in [0.05, 0.1) is 7.11 Å². The largest absolute Gasteiger partial charge is 2.00 e. The van der Waals surface area contributed by atoms with Gasteiger partial charge in [-0.2, -0.15) is 0 Å². The molecular weight excluding hydrogens is 295 g/mol. The average molecular weight is 303 g/mol. The van der Waals surface area contributed by atoms with Gasteiger partial charge in [0.1, 0.15) is 6.61 Å². The van der Waals surface area contributed by atoms with Crippen molar-refractivity contribution in [3.63, 3.8) is 0 Å². The first-order chi connectivity index (χ1) is 4.22. The van der Waals surface area contributed by atoms with E-state index in [4.69, 9.17) is 15.0 Å². The summed E-state index contributed by atoms with van der Waals surface area (Å²) in [4.78, 5) is 17.9. The van der Waals surface area contributed by atoms with Crippen LogP contribution >= 0.6 is 0 Å². The summed E-state index contributed by atoms with van der Waals surface area (Å²) in [7, 11) is 1.22. The average Bonchev–Trinajstić information content (AvgIpc) is 1.88. The van der Waals surface area contributed by atoms with Crippen molar-refractivity contribution < 1.29 is 54.8 Å². The number of esters is 1. The van der Waals surface area contributed by atoms with Gasteiger partial charge >= 0.3 is 81.4 Å². The molecule has 0 fully saturated rings. The molecule has 0 bridgehead atoms. The van der Waals surface area contributed by atoms with E-state index in [1.165, 1.54) is 7.11 Å². The fourth-order valence-corrected chi connectivity index (χ4v) is 0.0645. The zero-order chi connectivity index (χ0) is 7.70. The van der Waals surface area contributed by atoms with Crippen molar-refractivity contribution in [1.29, 1.82) is 0 Å². The number of methoxy groups -OCH3 is 1. The molecular formula is C4H8Ca2Cl2O6. The third-order valence-corrected chi connectivity index (χ3v) is 0.357. The summed E-state index contributed by atoms with van der Waals surface area (Å²) in [6.45, 7) is -0.0312. The SMILES string of the molecule is COC(=O)CO.O=[C-]O.[Ca+2].[Ca+2].[Cl-].[Cl-].[OH-]. The predicted molar refractivity (Wildman–Crippen MR) is 40.9 cm³/mol. The van der Waals surface area contributed by atoms with E-state index in [0.717, 1.165) is 0 Å². The molecule has 10 heteroatoms. The third-order valence-electron chi connectivity index (χ3n) is 0.357. The summed E-state index contributed by atoms with van der Waals surface area (Å²) < 4.78 is 4.01. The number of hydrogen-bond acceptors (Lipinski definition) is 5. The Bertz CT molecular complexity index is 89.9. The molecule has 0 aliphatic rings. The van der Waals surface area contributed by atoms with Gasteiger partial charge < -0.3 is 50.0 Å². The number of ether oxygens (including phenoxy) is 1. The minimum Gasteiger partial charge on any atom is -1.00 e. The zero-order valence-corrected chi connectivity index (χ0v) is 13.4. The number of halogens is 2. The van der Waals surface area contributed by atoms with Crippen LogP contribution in [0.15, 0.2) is 0 Å². The number of rotatable bonds is 1. The van der Waals surface area contributed by atoms with Gasteiger partial charge in [0, 0.05) is 0 Å². The van der Waals surface area contributed by atoms with Crippen LogP contribution in [0.4, 0.5) is 0 Å². The monoisotopic (exact) mass is 302 g/mol. The summed E-state index contributed by atoms with van der Waals surface area (Å²) in [5.74, 6) is -0.602. The Morgan fingerprint density at radius 3 is 1.57 bits per heavy atom. The first kappa shape index (κ1) is 44.5.